The molecule has 1 aliphatic heterocycles. The van der Waals surface area contributed by atoms with Gasteiger partial charge in [-0.2, -0.15) is 0 Å². The average Bonchev–Trinajstić information content (AvgIpc) is 3.26. The summed E-state index contributed by atoms with van der Waals surface area (Å²) < 4.78 is 8.93. The normalized spacial score (nSPS) is 17.2. The summed E-state index contributed by atoms with van der Waals surface area (Å²) in [4.78, 5) is 0. The molecule has 0 radical (unpaired) electrons. The zero-order valence-corrected chi connectivity index (χ0v) is 20.3. The van der Waals surface area contributed by atoms with Gasteiger partial charge in [0.1, 0.15) is 11.9 Å². The van der Waals surface area contributed by atoms with E-state index < -0.39 is 0 Å². The number of aromatic nitrogens is 1. The Morgan fingerprint density at radius 3 is 2.41 bits per heavy atom. The van der Waals surface area contributed by atoms with Gasteiger partial charge in [-0.25, -0.2) is 0 Å². The van der Waals surface area contributed by atoms with Crippen molar-refractivity contribution in [3.05, 3.63) is 89.5 Å². The number of aryl methyl sites for hydroxylation is 1. The summed E-state index contributed by atoms with van der Waals surface area (Å²) in [6, 6.07) is 26.9. The molecule has 34 heavy (non-hydrogen) atoms. The van der Waals surface area contributed by atoms with Crippen molar-refractivity contribution < 1.29 is 4.74 Å². The molecule has 2 heteroatoms. The van der Waals surface area contributed by atoms with Gasteiger partial charge in [0.15, 0.2) is 0 Å². The van der Waals surface area contributed by atoms with Crippen LogP contribution >= 0.6 is 0 Å². The van der Waals surface area contributed by atoms with E-state index >= 15 is 0 Å². The van der Waals surface area contributed by atoms with Gasteiger partial charge in [0.25, 0.3) is 0 Å². The predicted molar refractivity (Wildman–Crippen MR) is 142 cm³/mol. The molecule has 4 aromatic carbocycles. The van der Waals surface area contributed by atoms with E-state index in [-0.39, 0.29) is 11.5 Å². The Morgan fingerprint density at radius 2 is 1.59 bits per heavy atom. The summed E-state index contributed by atoms with van der Waals surface area (Å²) in [5, 5.41) is 2.67. The number of ether oxygens (including phenoxy) is 1. The van der Waals surface area contributed by atoms with E-state index in [9.17, 15) is 0 Å². The molecular formula is C32H29NO. The van der Waals surface area contributed by atoms with Crippen molar-refractivity contribution in [2.45, 2.75) is 45.1 Å². The van der Waals surface area contributed by atoms with Crippen LogP contribution in [0.4, 0.5) is 0 Å². The fourth-order valence-corrected chi connectivity index (χ4v) is 6.61. The van der Waals surface area contributed by atoms with E-state index in [1.54, 1.807) is 0 Å². The van der Waals surface area contributed by atoms with Crippen LogP contribution in [-0.2, 0) is 12.5 Å². The van der Waals surface area contributed by atoms with E-state index in [0.717, 1.165) is 18.6 Å². The van der Waals surface area contributed by atoms with Crippen LogP contribution in [0.3, 0.4) is 0 Å². The number of benzene rings is 4. The largest absolute Gasteiger partial charge is 0.485 e. The topological polar surface area (TPSA) is 14.2 Å². The maximum absolute atomic E-state index is 6.50. The molecule has 0 amide bonds. The van der Waals surface area contributed by atoms with Crippen LogP contribution in [0.1, 0.15) is 56.4 Å². The lowest BCUT2D eigenvalue weighted by Crippen LogP contribution is -2.16. The molecular weight excluding hydrogens is 414 g/mol. The Balaban J connectivity index is 1.58. The molecule has 1 unspecified atom stereocenters. The van der Waals surface area contributed by atoms with Gasteiger partial charge in [-0.3, -0.25) is 0 Å². The third-order valence-electron chi connectivity index (χ3n) is 8.19. The van der Waals surface area contributed by atoms with Crippen molar-refractivity contribution in [2.24, 2.45) is 7.05 Å². The molecule has 2 aliphatic rings. The van der Waals surface area contributed by atoms with Gasteiger partial charge in [-0.05, 0) is 52.4 Å². The maximum Gasteiger partial charge on any atom is 0.128 e. The second-order valence-electron chi connectivity index (χ2n) is 10.5. The highest BCUT2D eigenvalue weighted by Crippen LogP contribution is 2.53. The molecule has 5 aromatic rings. The highest BCUT2D eigenvalue weighted by atomic mass is 16.5. The molecule has 7 rings (SSSR count). The van der Waals surface area contributed by atoms with Gasteiger partial charge < -0.3 is 9.30 Å². The van der Waals surface area contributed by atoms with Crippen LogP contribution in [0.2, 0.25) is 0 Å². The third-order valence-corrected chi connectivity index (χ3v) is 8.19. The first-order valence-corrected chi connectivity index (χ1v) is 12.5. The van der Waals surface area contributed by atoms with Gasteiger partial charge in [0.2, 0.25) is 0 Å². The molecule has 1 aromatic heterocycles. The molecule has 0 N–H and O–H groups in total. The quantitative estimate of drug-likeness (QED) is 0.267. The molecule has 0 fully saturated rings. The van der Waals surface area contributed by atoms with Crippen molar-refractivity contribution >= 4 is 21.8 Å². The fraction of sp³-hybridized carbons (Fsp3) is 0.250. The molecule has 2 nitrogen and oxygen atoms in total. The van der Waals surface area contributed by atoms with Crippen molar-refractivity contribution in [1.29, 1.82) is 0 Å². The van der Waals surface area contributed by atoms with E-state index in [4.69, 9.17) is 4.74 Å². The highest BCUT2D eigenvalue weighted by Gasteiger charge is 2.38. The minimum Gasteiger partial charge on any atom is -0.485 e. The average molecular weight is 444 g/mol. The Labute approximate surface area is 200 Å². The van der Waals surface area contributed by atoms with E-state index in [2.05, 4.69) is 105 Å². The Kier molecular flexibility index (Phi) is 3.96. The van der Waals surface area contributed by atoms with Gasteiger partial charge in [-0.15, -0.1) is 0 Å². The van der Waals surface area contributed by atoms with E-state index in [0.29, 0.717) is 0 Å². The lowest BCUT2D eigenvalue weighted by Gasteiger charge is -2.29. The van der Waals surface area contributed by atoms with E-state index in [1.807, 2.05) is 0 Å². The monoisotopic (exact) mass is 443 g/mol. The minimum atomic E-state index is -0.0341. The molecule has 0 saturated heterocycles. The SMILES string of the molecule is CCCC1Oc2ccccc2-c2cc3c4ccc5c(c4n(C)c3cc21)C(C)(C)c1ccccc1-5. The number of rotatable bonds is 2. The van der Waals surface area contributed by atoms with Gasteiger partial charge >= 0.3 is 0 Å². The molecule has 1 aliphatic carbocycles. The van der Waals surface area contributed by atoms with Crippen LogP contribution < -0.4 is 4.74 Å². The Morgan fingerprint density at radius 1 is 0.824 bits per heavy atom. The van der Waals surface area contributed by atoms with Gasteiger partial charge in [0.05, 0.1) is 5.52 Å². The van der Waals surface area contributed by atoms with Gasteiger partial charge in [-0.1, -0.05) is 81.8 Å². The van der Waals surface area contributed by atoms with Crippen LogP contribution in [-0.4, -0.2) is 4.57 Å². The number of nitrogens with zero attached hydrogens (tertiary/aromatic N) is 1. The van der Waals surface area contributed by atoms with Crippen LogP contribution in [0.5, 0.6) is 5.75 Å². The molecule has 0 saturated carbocycles. The number of hydrogen-bond acceptors (Lipinski definition) is 1. The number of fused-ring (bicyclic) bond motifs is 10. The molecule has 2 heterocycles. The molecule has 0 bridgehead atoms. The minimum absolute atomic E-state index is 0.0341. The fourth-order valence-electron chi connectivity index (χ4n) is 6.61. The summed E-state index contributed by atoms with van der Waals surface area (Å²) in [5.74, 6) is 1.01. The van der Waals surface area contributed by atoms with E-state index in [1.165, 1.54) is 60.8 Å². The summed E-state index contributed by atoms with van der Waals surface area (Å²) in [6.07, 6.45) is 2.22. The molecule has 0 spiro atoms. The second kappa shape index (κ2) is 6.76. The van der Waals surface area contributed by atoms with Crippen molar-refractivity contribution in [1.82, 2.24) is 4.57 Å². The first-order valence-electron chi connectivity index (χ1n) is 12.5. The second-order valence-corrected chi connectivity index (χ2v) is 10.5. The van der Waals surface area contributed by atoms with Crippen LogP contribution in [0.15, 0.2) is 72.8 Å². The van der Waals surface area contributed by atoms with Crippen molar-refractivity contribution in [3.8, 4) is 28.0 Å². The molecule has 168 valence electrons. The first-order chi connectivity index (χ1) is 16.5. The highest BCUT2D eigenvalue weighted by molar-refractivity contribution is 6.13. The first kappa shape index (κ1) is 19.9. The molecule has 1 atom stereocenters. The van der Waals surface area contributed by atoms with Crippen LogP contribution in [0.25, 0.3) is 44.1 Å². The summed E-state index contributed by atoms with van der Waals surface area (Å²) in [6.45, 7) is 6.99. The zero-order valence-electron chi connectivity index (χ0n) is 20.3. The summed E-state index contributed by atoms with van der Waals surface area (Å²) >= 11 is 0. The standard InChI is InChI=1S/C32H29NO/c1-5-10-28-25-18-27-24(17-23(25)20-12-7-9-14-29(20)34-28)22-16-15-21-19-11-6-8-13-26(19)32(2,3)30(21)31(22)33(27)4/h6-9,11-18,28H,5,10H2,1-4H3. The van der Waals surface area contributed by atoms with Gasteiger partial charge in [0, 0.05) is 39.9 Å². The van der Waals surface area contributed by atoms with Crippen LogP contribution in [0, 0.1) is 0 Å². The zero-order chi connectivity index (χ0) is 23.2. The smallest absolute Gasteiger partial charge is 0.128 e. The lowest BCUT2D eigenvalue weighted by molar-refractivity contribution is 0.190. The van der Waals surface area contributed by atoms with Crippen molar-refractivity contribution in [3.63, 3.8) is 0 Å². The summed E-state index contributed by atoms with van der Waals surface area (Å²) in [7, 11) is 2.24. The Hall–Kier alpha value is -3.52. The lowest BCUT2D eigenvalue weighted by atomic mass is 9.81. The number of hydrogen-bond donors (Lipinski definition) is 0. The Bertz CT molecular complexity index is 1630. The number of para-hydroxylation sites is 1. The maximum atomic E-state index is 6.50. The predicted octanol–water partition coefficient (Wildman–Crippen LogP) is 8.54. The van der Waals surface area contributed by atoms with Crippen molar-refractivity contribution in [2.75, 3.05) is 0 Å². The summed E-state index contributed by atoms with van der Waals surface area (Å²) in [5.41, 5.74) is 12.1. The third kappa shape index (κ3) is 2.41.